The van der Waals surface area contributed by atoms with Gasteiger partial charge in [-0.25, -0.2) is 9.78 Å². The van der Waals surface area contributed by atoms with E-state index in [2.05, 4.69) is 70.4 Å². The zero-order valence-corrected chi connectivity index (χ0v) is 13.4. The lowest BCUT2D eigenvalue weighted by atomic mass is 10.1. The molecule has 4 heteroatoms. The Morgan fingerprint density at radius 1 is 0.955 bits per heavy atom. The van der Waals surface area contributed by atoms with E-state index in [4.69, 9.17) is 9.90 Å². The first kappa shape index (κ1) is 19.8. The standard InChI is InChI=1S/C13H12.C3H8O2.C2H4O2/c1-3-7-12(8-4-1)11-13-9-5-2-6-10-13;1-3-5-4-2;1-2(3)4/h1-10H,11H2;3H2,1-2H3;1H3,(H,3,4). The van der Waals surface area contributed by atoms with Gasteiger partial charge in [0, 0.05) is 6.92 Å². The van der Waals surface area contributed by atoms with Gasteiger partial charge in [0.2, 0.25) is 0 Å². The molecule has 0 bridgehead atoms. The predicted molar refractivity (Wildman–Crippen MR) is 87.6 cm³/mol. The van der Waals surface area contributed by atoms with Crippen LogP contribution in [-0.2, 0) is 21.0 Å². The van der Waals surface area contributed by atoms with E-state index in [1.54, 1.807) is 0 Å². The summed E-state index contributed by atoms with van der Waals surface area (Å²) >= 11 is 0. The van der Waals surface area contributed by atoms with Crippen molar-refractivity contribution in [2.45, 2.75) is 20.3 Å². The van der Waals surface area contributed by atoms with Crippen LogP contribution >= 0.6 is 0 Å². The maximum atomic E-state index is 9.00. The molecule has 1 N–H and O–H groups in total. The molecule has 2 aromatic carbocycles. The summed E-state index contributed by atoms with van der Waals surface area (Å²) in [4.78, 5) is 17.5. The van der Waals surface area contributed by atoms with Crippen molar-refractivity contribution in [3.05, 3.63) is 71.8 Å². The summed E-state index contributed by atoms with van der Waals surface area (Å²) in [6, 6.07) is 21.1. The molecule has 0 saturated heterocycles. The van der Waals surface area contributed by atoms with Gasteiger partial charge in [-0.2, -0.15) is 0 Å². The minimum atomic E-state index is -0.833. The number of carboxylic acids is 1. The van der Waals surface area contributed by atoms with E-state index in [1.807, 2.05) is 6.92 Å². The number of carboxylic acid groups (broad SMARTS) is 1. The van der Waals surface area contributed by atoms with Gasteiger partial charge in [-0.15, -0.1) is 0 Å². The van der Waals surface area contributed by atoms with Crippen molar-refractivity contribution < 1.29 is 19.7 Å². The maximum Gasteiger partial charge on any atom is 0.300 e. The second-order valence-electron chi connectivity index (χ2n) is 4.24. The van der Waals surface area contributed by atoms with E-state index in [0.29, 0.717) is 6.61 Å². The van der Waals surface area contributed by atoms with Gasteiger partial charge < -0.3 is 5.11 Å². The predicted octanol–water partition coefficient (Wildman–Crippen LogP) is 3.95. The Labute approximate surface area is 132 Å². The van der Waals surface area contributed by atoms with E-state index >= 15 is 0 Å². The monoisotopic (exact) mass is 304 g/mol. The number of carbonyl (C=O) groups is 1. The van der Waals surface area contributed by atoms with Crippen LogP contribution in [0.25, 0.3) is 0 Å². The van der Waals surface area contributed by atoms with Crippen LogP contribution in [0.2, 0.25) is 0 Å². The van der Waals surface area contributed by atoms with Crippen molar-refractivity contribution in [2.75, 3.05) is 13.7 Å². The topological polar surface area (TPSA) is 55.8 Å². The fourth-order valence-corrected chi connectivity index (χ4v) is 1.55. The third kappa shape index (κ3) is 12.8. The number of rotatable bonds is 4. The first-order valence-electron chi connectivity index (χ1n) is 7.03. The van der Waals surface area contributed by atoms with Gasteiger partial charge in [-0.1, -0.05) is 60.7 Å². The van der Waals surface area contributed by atoms with E-state index in [1.165, 1.54) is 18.2 Å². The molecule has 0 heterocycles. The summed E-state index contributed by atoms with van der Waals surface area (Å²) in [5.74, 6) is -0.833. The molecule has 0 aliphatic rings. The van der Waals surface area contributed by atoms with Crippen LogP contribution in [0.3, 0.4) is 0 Å². The lowest BCUT2D eigenvalue weighted by Crippen LogP contribution is -1.85. The molecule has 0 unspecified atom stereocenters. The molecule has 22 heavy (non-hydrogen) atoms. The van der Waals surface area contributed by atoms with Gasteiger partial charge in [0.15, 0.2) is 0 Å². The molecule has 0 amide bonds. The van der Waals surface area contributed by atoms with Gasteiger partial charge >= 0.3 is 0 Å². The molecule has 0 aliphatic carbocycles. The number of hydrogen-bond donors (Lipinski definition) is 1. The Balaban J connectivity index is 0.000000411. The second kappa shape index (κ2) is 13.8. The van der Waals surface area contributed by atoms with Gasteiger partial charge in [0.05, 0.1) is 13.7 Å². The minimum absolute atomic E-state index is 0.622. The number of aliphatic carboxylic acids is 1. The summed E-state index contributed by atoms with van der Waals surface area (Å²) in [7, 11) is 1.49. The first-order valence-corrected chi connectivity index (χ1v) is 7.03. The fourth-order valence-electron chi connectivity index (χ4n) is 1.55. The summed E-state index contributed by atoms with van der Waals surface area (Å²) in [6.45, 7) is 3.57. The largest absolute Gasteiger partial charge is 0.481 e. The van der Waals surface area contributed by atoms with Crippen LogP contribution < -0.4 is 0 Å². The van der Waals surface area contributed by atoms with Crippen LogP contribution in [0.4, 0.5) is 0 Å². The van der Waals surface area contributed by atoms with Crippen molar-refractivity contribution >= 4 is 5.97 Å². The molecule has 0 radical (unpaired) electrons. The smallest absolute Gasteiger partial charge is 0.300 e. The lowest BCUT2D eigenvalue weighted by molar-refractivity contribution is -0.268. The highest BCUT2D eigenvalue weighted by Gasteiger charge is 1.92. The average molecular weight is 304 g/mol. The molecule has 120 valence electrons. The van der Waals surface area contributed by atoms with Gasteiger partial charge in [0.25, 0.3) is 5.97 Å². The highest BCUT2D eigenvalue weighted by atomic mass is 17.2. The Kier molecular flexibility index (Phi) is 12.4. The van der Waals surface area contributed by atoms with Crippen molar-refractivity contribution in [2.24, 2.45) is 0 Å². The first-order chi connectivity index (χ1) is 10.6. The molecule has 2 rings (SSSR count). The molecule has 0 spiro atoms. The minimum Gasteiger partial charge on any atom is -0.481 e. The molecule has 2 aromatic rings. The summed E-state index contributed by atoms with van der Waals surface area (Å²) in [6.07, 6.45) is 1.03. The van der Waals surface area contributed by atoms with Crippen LogP contribution in [0.15, 0.2) is 60.7 Å². The number of benzene rings is 2. The molecular weight excluding hydrogens is 280 g/mol. The van der Waals surface area contributed by atoms with Crippen LogP contribution in [-0.4, -0.2) is 24.8 Å². The molecule has 0 saturated carbocycles. The van der Waals surface area contributed by atoms with E-state index < -0.39 is 5.97 Å². The highest BCUT2D eigenvalue weighted by molar-refractivity contribution is 5.62. The molecule has 0 atom stereocenters. The summed E-state index contributed by atoms with van der Waals surface area (Å²) in [5.41, 5.74) is 2.74. The van der Waals surface area contributed by atoms with Crippen LogP contribution in [0, 0.1) is 0 Å². The zero-order chi connectivity index (χ0) is 16.6. The normalized spacial score (nSPS) is 8.86. The molecular formula is C18H24O4. The second-order valence-corrected chi connectivity index (χ2v) is 4.24. The molecule has 0 fully saturated rings. The van der Waals surface area contributed by atoms with Crippen LogP contribution in [0.1, 0.15) is 25.0 Å². The third-order valence-corrected chi connectivity index (χ3v) is 2.33. The van der Waals surface area contributed by atoms with Crippen molar-refractivity contribution in [3.63, 3.8) is 0 Å². The van der Waals surface area contributed by atoms with E-state index in [-0.39, 0.29) is 0 Å². The zero-order valence-electron chi connectivity index (χ0n) is 13.4. The van der Waals surface area contributed by atoms with Gasteiger partial charge in [-0.3, -0.25) is 4.79 Å². The Morgan fingerprint density at radius 2 is 1.32 bits per heavy atom. The highest BCUT2D eigenvalue weighted by Crippen LogP contribution is 2.07. The van der Waals surface area contributed by atoms with Gasteiger partial charge in [-0.05, 0) is 24.5 Å². The fraction of sp³-hybridized carbons (Fsp3) is 0.278. The molecule has 4 nitrogen and oxygen atoms in total. The summed E-state index contributed by atoms with van der Waals surface area (Å²) < 4.78 is 0. The lowest BCUT2D eigenvalue weighted by Gasteiger charge is -2.00. The third-order valence-electron chi connectivity index (χ3n) is 2.33. The Hall–Kier alpha value is -2.17. The molecule has 0 aliphatic heterocycles. The van der Waals surface area contributed by atoms with Crippen molar-refractivity contribution in [3.8, 4) is 0 Å². The van der Waals surface area contributed by atoms with E-state index in [0.717, 1.165) is 13.3 Å². The van der Waals surface area contributed by atoms with E-state index in [9.17, 15) is 0 Å². The van der Waals surface area contributed by atoms with Crippen molar-refractivity contribution in [1.29, 1.82) is 0 Å². The number of hydrogen-bond acceptors (Lipinski definition) is 3. The summed E-state index contributed by atoms with van der Waals surface area (Å²) in [5, 5.41) is 7.42. The van der Waals surface area contributed by atoms with Crippen LogP contribution in [0.5, 0.6) is 0 Å². The Bertz CT molecular complexity index is 439. The quantitative estimate of drug-likeness (QED) is 0.686. The SMILES string of the molecule is CC(=O)O.CCOOC.c1ccc(Cc2ccccc2)cc1. The molecule has 0 aromatic heterocycles. The van der Waals surface area contributed by atoms with Crippen molar-refractivity contribution in [1.82, 2.24) is 0 Å². The Morgan fingerprint density at radius 3 is 1.55 bits per heavy atom. The maximum absolute atomic E-state index is 9.00. The average Bonchev–Trinajstić information content (AvgIpc) is 2.50. The van der Waals surface area contributed by atoms with Gasteiger partial charge in [0.1, 0.15) is 0 Å².